The molecule has 2 N–H and O–H groups in total. The second-order valence-electron chi connectivity index (χ2n) is 4.60. The molecule has 1 aliphatic carbocycles. The number of benzene rings is 1. The van der Waals surface area contributed by atoms with E-state index in [2.05, 4.69) is 10.5 Å². The van der Waals surface area contributed by atoms with E-state index in [1.807, 2.05) is 66.7 Å². The van der Waals surface area contributed by atoms with E-state index in [9.17, 15) is 5.11 Å². The van der Waals surface area contributed by atoms with Crippen LogP contribution in [-0.4, -0.2) is 18.4 Å². The first-order chi connectivity index (χ1) is 11.3. The maximum Gasteiger partial charge on any atom is 0.212 e. The molecular formula is C19H19FeN2O2-. The third-order valence-electron chi connectivity index (χ3n) is 3.00. The molecule has 0 saturated heterocycles. The standard InChI is InChI=1S/C14H14N2O2.C5H5.Fe/c1-18-13-9-5-4-8-12(13)10-15-16-14(17)11-6-2-3-7-11;1-2-4-5-3-1;/h2-10,16-17H,1H3;1-5H;/q;-1;. The number of hydrogen-bond donors (Lipinski definition) is 2. The van der Waals surface area contributed by atoms with Crippen LogP contribution in [0.4, 0.5) is 0 Å². The summed E-state index contributed by atoms with van der Waals surface area (Å²) in [6.07, 6.45) is 8.87. The number of nitrogens with one attached hydrogen (secondary N) is 1. The average Bonchev–Trinajstić information content (AvgIpc) is 3.31. The summed E-state index contributed by atoms with van der Waals surface area (Å²) in [5.41, 5.74) is 4.11. The minimum absolute atomic E-state index is 0. The molecule has 0 fully saturated rings. The van der Waals surface area contributed by atoms with Crippen molar-refractivity contribution in [1.82, 2.24) is 5.43 Å². The van der Waals surface area contributed by atoms with Gasteiger partial charge in [-0.25, -0.2) is 17.6 Å². The molecule has 0 amide bonds. The maximum absolute atomic E-state index is 9.67. The van der Waals surface area contributed by atoms with Crippen molar-refractivity contribution in [2.45, 2.75) is 0 Å². The van der Waals surface area contributed by atoms with Gasteiger partial charge in [-0.15, -0.1) is 0 Å². The minimum atomic E-state index is 0. The fraction of sp³-hybridized carbons (Fsp3) is 0.0526. The smallest absolute Gasteiger partial charge is 0.212 e. The van der Waals surface area contributed by atoms with Crippen LogP contribution in [0.1, 0.15) is 5.56 Å². The van der Waals surface area contributed by atoms with Gasteiger partial charge in [0.1, 0.15) is 5.75 Å². The van der Waals surface area contributed by atoms with Crippen molar-refractivity contribution in [3.05, 3.63) is 95.9 Å². The quantitative estimate of drug-likeness (QED) is 0.285. The fourth-order valence-corrected chi connectivity index (χ4v) is 1.85. The molecule has 0 saturated carbocycles. The molecule has 0 spiro atoms. The topological polar surface area (TPSA) is 53.8 Å². The Morgan fingerprint density at radius 1 is 1.12 bits per heavy atom. The number of aliphatic hydroxyl groups excluding tert-OH is 1. The molecule has 2 aromatic carbocycles. The van der Waals surface area contributed by atoms with Crippen molar-refractivity contribution < 1.29 is 26.9 Å². The number of nitrogens with zero attached hydrogens (tertiary/aromatic N) is 1. The van der Waals surface area contributed by atoms with Gasteiger partial charge in [0.25, 0.3) is 0 Å². The predicted molar refractivity (Wildman–Crippen MR) is 93.7 cm³/mol. The Bertz CT molecular complexity index is 686. The Morgan fingerprint density at radius 2 is 1.79 bits per heavy atom. The molecule has 24 heavy (non-hydrogen) atoms. The number of para-hydroxylation sites is 1. The summed E-state index contributed by atoms with van der Waals surface area (Å²) >= 11 is 0. The Balaban J connectivity index is 0.000000412. The summed E-state index contributed by atoms with van der Waals surface area (Å²) in [6.45, 7) is 0. The van der Waals surface area contributed by atoms with Gasteiger partial charge in [-0.2, -0.15) is 23.3 Å². The van der Waals surface area contributed by atoms with E-state index < -0.39 is 0 Å². The van der Waals surface area contributed by atoms with Crippen molar-refractivity contribution in [2.24, 2.45) is 5.10 Å². The molecule has 0 aliphatic heterocycles. The molecule has 1 aliphatic rings. The molecule has 0 atom stereocenters. The first-order valence-electron chi connectivity index (χ1n) is 7.18. The number of hydrazone groups is 1. The van der Waals surface area contributed by atoms with Crippen LogP contribution in [0.5, 0.6) is 5.75 Å². The second-order valence-corrected chi connectivity index (χ2v) is 4.60. The molecule has 0 radical (unpaired) electrons. The van der Waals surface area contributed by atoms with E-state index in [-0.39, 0.29) is 23.0 Å². The molecule has 126 valence electrons. The molecule has 3 rings (SSSR count). The second kappa shape index (κ2) is 11.0. The van der Waals surface area contributed by atoms with Crippen LogP contribution in [0.25, 0.3) is 0 Å². The number of ether oxygens (including phenoxy) is 1. The Hall–Kier alpha value is -2.62. The van der Waals surface area contributed by atoms with Gasteiger partial charge in [0, 0.05) is 28.2 Å². The van der Waals surface area contributed by atoms with Crippen molar-refractivity contribution in [3.63, 3.8) is 0 Å². The number of hydrogen-bond acceptors (Lipinski definition) is 4. The summed E-state index contributed by atoms with van der Waals surface area (Å²) in [5.74, 6) is 0.752. The summed E-state index contributed by atoms with van der Waals surface area (Å²) in [7, 11) is 1.60. The molecule has 0 bridgehead atoms. The maximum atomic E-state index is 9.67. The van der Waals surface area contributed by atoms with Gasteiger partial charge in [-0.05, 0) is 24.3 Å². The number of aliphatic hydroxyl groups is 1. The zero-order valence-electron chi connectivity index (χ0n) is 13.2. The Morgan fingerprint density at radius 3 is 2.38 bits per heavy atom. The minimum Gasteiger partial charge on any atom is -0.496 e. The van der Waals surface area contributed by atoms with Crippen LogP contribution in [0.15, 0.2) is 95.5 Å². The SMILES string of the molecule is COc1ccccc1C=NNC(O)=C1C=CC=C1.[Fe].c1cc[cH-]c1. The van der Waals surface area contributed by atoms with Gasteiger partial charge >= 0.3 is 0 Å². The van der Waals surface area contributed by atoms with E-state index in [1.165, 1.54) is 0 Å². The molecule has 2 aromatic rings. The number of allylic oxidation sites excluding steroid dienone is 5. The predicted octanol–water partition coefficient (Wildman–Crippen LogP) is 3.92. The first-order valence-corrected chi connectivity index (χ1v) is 7.18. The molecule has 0 aromatic heterocycles. The van der Waals surface area contributed by atoms with Crippen LogP contribution < -0.4 is 10.2 Å². The molecular weight excluding hydrogens is 344 g/mol. The van der Waals surface area contributed by atoms with Crippen molar-refractivity contribution in [1.29, 1.82) is 0 Å². The Kier molecular flexibility index (Phi) is 8.90. The van der Waals surface area contributed by atoms with Crippen molar-refractivity contribution in [3.8, 4) is 5.75 Å². The van der Waals surface area contributed by atoms with Crippen LogP contribution in [-0.2, 0) is 17.1 Å². The van der Waals surface area contributed by atoms with Gasteiger partial charge in [0.15, 0.2) is 0 Å². The number of rotatable bonds is 4. The number of methoxy groups -OCH3 is 1. The van der Waals surface area contributed by atoms with E-state index >= 15 is 0 Å². The largest absolute Gasteiger partial charge is 0.496 e. The van der Waals surface area contributed by atoms with E-state index in [0.717, 1.165) is 11.3 Å². The normalized spacial score (nSPS) is 11.6. The van der Waals surface area contributed by atoms with Gasteiger partial charge in [-0.3, -0.25) is 0 Å². The fourth-order valence-electron chi connectivity index (χ4n) is 1.85. The first kappa shape index (κ1) is 19.4. The third-order valence-corrected chi connectivity index (χ3v) is 3.00. The molecule has 5 heteroatoms. The van der Waals surface area contributed by atoms with Crippen LogP contribution in [0.2, 0.25) is 0 Å². The van der Waals surface area contributed by atoms with Crippen molar-refractivity contribution >= 4 is 6.21 Å². The monoisotopic (exact) mass is 363 g/mol. The van der Waals surface area contributed by atoms with E-state index in [4.69, 9.17) is 4.74 Å². The summed E-state index contributed by atoms with van der Waals surface area (Å²) in [6, 6.07) is 17.5. The van der Waals surface area contributed by atoms with Crippen LogP contribution >= 0.6 is 0 Å². The van der Waals surface area contributed by atoms with Crippen LogP contribution in [0, 0.1) is 0 Å². The van der Waals surface area contributed by atoms with Gasteiger partial charge in [-0.1, -0.05) is 24.3 Å². The van der Waals surface area contributed by atoms with E-state index in [0.29, 0.717) is 5.57 Å². The molecule has 4 nitrogen and oxygen atoms in total. The summed E-state index contributed by atoms with van der Waals surface area (Å²) < 4.78 is 5.19. The average molecular weight is 363 g/mol. The Labute approximate surface area is 152 Å². The summed E-state index contributed by atoms with van der Waals surface area (Å²) in [5, 5.41) is 13.6. The molecule has 0 heterocycles. The van der Waals surface area contributed by atoms with E-state index in [1.54, 1.807) is 25.5 Å². The van der Waals surface area contributed by atoms with Gasteiger partial charge < -0.3 is 9.84 Å². The van der Waals surface area contributed by atoms with Gasteiger partial charge in [0.2, 0.25) is 5.88 Å². The molecule has 0 unspecified atom stereocenters. The zero-order valence-corrected chi connectivity index (χ0v) is 14.3. The van der Waals surface area contributed by atoms with Crippen LogP contribution in [0.3, 0.4) is 0 Å². The van der Waals surface area contributed by atoms with Crippen molar-refractivity contribution in [2.75, 3.05) is 7.11 Å². The van der Waals surface area contributed by atoms with Gasteiger partial charge in [0.05, 0.1) is 13.3 Å². The summed E-state index contributed by atoms with van der Waals surface area (Å²) in [4.78, 5) is 0. The zero-order chi connectivity index (χ0) is 16.3. The third kappa shape index (κ3) is 6.24.